The average Bonchev–Trinajstić information content (AvgIpc) is 2.31. The number of carbonyl (C=O) groups is 1. The van der Waals surface area contributed by atoms with E-state index in [2.05, 4.69) is 6.07 Å². The largest absolute Gasteiger partial charge is 0.466 e. The van der Waals surface area contributed by atoms with Crippen molar-refractivity contribution in [3.8, 4) is 6.07 Å². The molecule has 0 heterocycles. The monoisotopic (exact) mass is 231 g/mol. The summed E-state index contributed by atoms with van der Waals surface area (Å²) < 4.78 is 4.91. The van der Waals surface area contributed by atoms with Crippen molar-refractivity contribution in [1.82, 2.24) is 0 Å². The second kappa shape index (κ2) is 6.05. The van der Waals surface area contributed by atoms with Crippen LogP contribution >= 0.6 is 0 Å². The first kappa shape index (κ1) is 13.2. The number of esters is 1. The first-order valence-corrected chi connectivity index (χ1v) is 5.80. The maximum Gasteiger partial charge on any atom is 0.310 e. The molecule has 3 heteroatoms. The van der Waals surface area contributed by atoms with E-state index < -0.39 is 0 Å². The molecule has 0 aliphatic heterocycles. The van der Waals surface area contributed by atoms with Gasteiger partial charge in [-0.3, -0.25) is 4.79 Å². The van der Waals surface area contributed by atoms with E-state index in [0.717, 1.165) is 23.1 Å². The van der Waals surface area contributed by atoms with Gasteiger partial charge in [-0.1, -0.05) is 13.0 Å². The normalized spacial score (nSPS) is 9.76. The van der Waals surface area contributed by atoms with Crippen molar-refractivity contribution in [2.75, 3.05) is 6.61 Å². The lowest BCUT2D eigenvalue weighted by Crippen LogP contribution is -2.09. The SMILES string of the molecule is CCOC(=O)Cc1cc(C#N)c(CC)cc1C. The Labute approximate surface area is 102 Å². The first-order valence-electron chi connectivity index (χ1n) is 5.80. The summed E-state index contributed by atoms with van der Waals surface area (Å²) in [5.41, 5.74) is 3.58. The summed E-state index contributed by atoms with van der Waals surface area (Å²) in [5, 5.41) is 9.04. The lowest BCUT2D eigenvalue weighted by molar-refractivity contribution is -0.142. The predicted octanol–water partition coefficient (Wildman–Crippen LogP) is 2.53. The van der Waals surface area contributed by atoms with Gasteiger partial charge in [0.05, 0.1) is 24.7 Å². The molecule has 0 N–H and O–H groups in total. The standard InChI is InChI=1S/C14H17NO2/c1-4-11-6-10(3)12(7-13(11)9-15)8-14(16)17-5-2/h6-7H,4-5,8H2,1-3H3. The average molecular weight is 231 g/mol. The highest BCUT2D eigenvalue weighted by molar-refractivity contribution is 5.73. The molecule has 17 heavy (non-hydrogen) atoms. The van der Waals surface area contributed by atoms with E-state index >= 15 is 0 Å². The van der Waals surface area contributed by atoms with Gasteiger partial charge in [0, 0.05) is 0 Å². The minimum atomic E-state index is -0.247. The summed E-state index contributed by atoms with van der Waals surface area (Å²) in [6.07, 6.45) is 1.06. The van der Waals surface area contributed by atoms with Crippen LogP contribution in [0.5, 0.6) is 0 Å². The highest BCUT2D eigenvalue weighted by Crippen LogP contribution is 2.17. The molecular formula is C14H17NO2. The molecule has 0 unspecified atom stereocenters. The molecule has 0 aliphatic rings. The molecule has 0 aromatic heterocycles. The van der Waals surface area contributed by atoms with Crippen LogP contribution < -0.4 is 0 Å². The maximum absolute atomic E-state index is 11.4. The molecule has 0 amide bonds. The van der Waals surface area contributed by atoms with Crippen molar-refractivity contribution in [1.29, 1.82) is 5.26 Å². The zero-order valence-corrected chi connectivity index (χ0v) is 10.5. The van der Waals surface area contributed by atoms with E-state index in [4.69, 9.17) is 10.00 Å². The quantitative estimate of drug-likeness (QED) is 0.748. The fraction of sp³-hybridized carbons (Fsp3) is 0.429. The van der Waals surface area contributed by atoms with Crippen molar-refractivity contribution in [3.05, 3.63) is 34.4 Å². The van der Waals surface area contributed by atoms with Gasteiger partial charge in [0.15, 0.2) is 0 Å². The second-order valence-electron chi connectivity index (χ2n) is 3.88. The summed E-state index contributed by atoms with van der Waals surface area (Å²) in [7, 11) is 0. The van der Waals surface area contributed by atoms with Crippen LogP contribution in [0.3, 0.4) is 0 Å². The third-order valence-corrected chi connectivity index (χ3v) is 2.70. The first-order chi connectivity index (χ1) is 8.12. The van der Waals surface area contributed by atoms with E-state index in [0.29, 0.717) is 12.2 Å². The Morgan fingerprint density at radius 1 is 1.35 bits per heavy atom. The van der Waals surface area contributed by atoms with Crippen LogP contribution in [0.15, 0.2) is 12.1 Å². The Morgan fingerprint density at radius 3 is 2.59 bits per heavy atom. The van der Waals surface area contributed by atoms with Crippen LogP contribution in [0, 0.1) is 18.3 Å². The molecule has 0 spiro atoms. The van der Waals surface area contributed by atoms with Crippen LogP contribution in [0.25, 0.3) is 0 Å². The van der Waals surface area contributed by atoms with Crippen molar-refractivity contribution < 1.29 is 9.53 Å². The summed E-state index contributed by atoms with van der Waals surface area (Å²) in [5.74, 6) is -0.247. The van der Waals surface area contributed by atoms with Crippen molar-refractivity contribution in [2.45, 2.75) is 33.6 Å². The van der Waals surface area contributed by atoms with Gasteiger partial charge in [-0.2, -0.15) is 5.26 Å². The number of carbonyl (C=O) groups excluding carboxylic acids is 1. The molecule has 90 valence electrons. The van der Waals surface area contributed by atoms with Gasteiger partial charge in [-0.25, -0.2) is 0 Å². The fourth-order valence-corrected chi connectivity index (χ4v) is 1.77. The van der Waals surface area contributed by atoms with Gasteiger partial charge in [0.2, 0.25) is 0 Å². The Bertz CT molecular complexity index is 458. The van der Waals surface area contributed by atoms with Gasteiger partial charge in [0.25, 0.3) is 0 Å². The molecule has 1 aromatic rings. The number of nitrogens with zero attached hydrogens (tertiary/aromatic N) is 1. The van der Waals surface area contributed by atoms with E-state index in [1.54, 1.807) is 13.0 Å². The number of benzene rings is 1. The van der Waals surface area contributed by atoms with E-state index in [-0.39, 0.29) is 12.4 Å². The minimum Gasteiger partial charge on any atom is -0.466 e. The van der Waals surface area contributed by atoms with Gasteiger partial charge >= 0.3 is 5.97 Å². The van der Waals surface area contributed by atoms with Gasteiger partial charge in [0.1, 0.15) is 0 Å². The van der Waals surface area contributed by atoms with Crippen molar-refractivity contribution >= 4 is 5.97 Å². The Morgan fingerprint density at radius 2 is 2.06 bits per heavy atom. The predicted molar refractivity (Wildman–Crippen MR) is 65.6 cm³/mol. The lowest BCUT2D eigenvalue weighted by atomic mass is 9.96. The Hall–Kier alpha value is -1.82. The molecule has 1 rings (SSSR count). The summed E-state index contributed by atoms with van der Waals surface area (Å²) in [6.45, 7) is 6.14. The maximum atomic E-state index is 11.4. The third-order valence-electron chi connectivity index (χ3n) is 2.70. The molecule has 0 saturated heterocycles. The number of ether oxygens (including phenoxy) is 1. The molecular weight excluding hydrogens is 214 g/mol. The van der Waals surface area contributed by atoms with Crippen LogP contribution in [-0.4, -0.2) is 12.6 Å². The number of aryl methyl sites for hydroxylation is 2. The highest BCUT2D eigenvalue weighted by Gasteiger charge is 2.10. The number of nitriles is 1. The molecule has 0 radical (unpaired) electrons. The van der Waals surface area contributed by atoms with Crippen LogP contribution in [-0.2, 0) is 22.4 Å². The van der Waals surface area contributed by atoms with Crippen molar-refractivity contribution in [3.63, 3.8) is 0 Å². The number of rotatable bonds is 4. The molecule has 0 aliphatic carbocycles. The number of hydrogen-bond acceptors (Lipinski definition) is 3. The topological polar surface area (TPSA) is 50.1 Å². The van der Waals surface area contributed by atoms with Crippen LogP contribution in [0.1, 0.15) is 36.1 Å². The molecule has 0 bridgehead atoms. The molecule has 0 saturated carbocycles. The van der Waals surface area contributed by atoms with Crippen LogP contribution in [0.2, 0.25) is 0 Å². The van der Waals surface area contributed by atoms with Crippen molar-refractivity contribution in [2.24, 2.45) is 0 Å². The van der Waals surface area contributed by atoms with E-state index in [1.165, 1.54) is 0 Å². The molecule has 1 aromatic carbocycles. The Balaban J connectivity index is 3.01. The number of hydrogen-bond donors (Lipinski definition) is 0. The minimum absolute atomic E-state index is 0.234. The van der Waals surface area contributed by atoms with Gasteiger partial charge in [-0.15, -0.1) is 0 Å². The Kier molecular flexibility index (Phi) is 4.71. The third kappa shape index (κ3) is 3.32. The van der Waals surface area contributed by atoms with Gasteiger partial charge in [-0.05, 0) is 43.0 Å². The molecule has 3 nitrogen and oxygen atoms in total. The lowest BCUT2D eigenvalue weighted by Gasteiger charge is -2.09. The van der Waals surface area contributed by atoms with Crippen LogP contribution in [0.4, 0.5) is 0 Å². The highest BCUT2D eigenvalue weighted by atomic mass is 16.5. The van der Waals surface area contributed by atoms with E-state index in [1.807, 2.05) is 19.9 Å². The van der Waals surface area contributed by atoms with E-state index in [9.17, 15) is 4.79 Å². The summed E-state index contributed by atoms with van der Waals surface area (Å²) >= 11 is 0. The zero-order valence-electron chi connectivity index (χ0n) is 10.5. The zero-order chi connectivity index (χ0) is 12.8. The second-order valence-corrected chi connectivity index (χ2v) is 3.88. The summed E-state index contributed by atoms with van der Waals surface area (Å²) in [6, 6.07) is 5.94. The molecule has 0 atom stereocenters. The summed E-state index contributed by atoms with van der Waals surface area (Å²) in [4.78, 5) is 11.4. The smallest absolute Gasteiger partial charge is 0.310 e. The fourth-order valence-electron chi connectivity index (χ4n) is 1.77. The van der Waals surface area contributed by atoms with Gasteiger partial charge < -0.3 is 4.74 Å². The molecule has 0 fully saturated rings.